The van der Waals surface area contributed by atoms with E-state index < -0.39 is 17.9 Å². The second-order valence-electron chi connectivity index (χ2n) is 6.60. The molecular formula is C18H26F2O3. The van der Waals surface area contributed by atoms with Gasteiger partial charge in [-0.3, -0.25) is 0 Å². The Hall–Kier alpha value is -1.33. The van der Waals surface area contributed by atoms with E-state index in [4.69, 9.17) is 9.47 Å². The lowest BCUT2D eigenvalue weighted by atomic mass is 9.82. The number of methoxy groups -OCH3 is 1. The molecule has 23 heavy (non-hydrogen) atoms. The van der Waals surface area contributed by atoms with Gasteiger partial charge in [0.15, 0.2) is 17.9 Å². The lowest BCUT2D eigenvalue weighted by Gasteiger charge is -2.27. The fourth-order valence-corrected chi connectivity index (χ4v) is 2.38. The second kappa shape index (κ2) is 9.08. The van der Waals surface area contributed by atoms with Gasteiger partial charge in [-0.1, -0.05) is 19.9 Å². The first-order chi connectivity index (χ1) is 10.8. The van der Waals surface area contributed by atoms with Gasteiger partial charge in [0, 0.05) is 19.1 Å². The first-order valence-electron chi connectivity index (χ1n) is 7.86. The van der Waals surface area contributed by atoms with Gasteiger partial charge in [0.05, 0.1) is 6.10 Å². The van der Waals surface area contributed by atoms with Crippen LogP contribution < -0.4 is 0 Å². The van der Waals surface area contributed by atoms with Gasteiger partial charge in [0.2, 0.25) is 0 Å². The summed E-state index contributed by atoms with van der Waals surface area (Å²) in [5, 5.41) is 0. The average Bonchev–Trinajstić information content (AvgIpc) is 2.51. The molecule has 0 N–H and O–H groups in total. The van der Waals surface area contributed by atoms with Crippen LogP contribution in [0, 0.1) is 17.0 Å². The van der Waals surface area contributed by atoms with Crippen molar-refractivity contribution < 1.29 is 23.0 Å². The van der Waals surface area contributed by atoms with Gasteiger partial charge >= 0.3 is 0 Å². The lowest BCUT2D eigenvalue weighted by molar-refractivity contribution is -0.158. The Morgan fingerprint density at radius 1 is 1.22 bits per heavy atom. The van der Waals surface area contributed by atoms with Crippen molar-refractivity contribution in [3.05, 3.63) is 35.4 Å². The van der Waals surface area contributed by atoms with Crippen LogP contribution in [-0.2, 0) is 14.3 Å². The molecule has 0 amide bonds. The van der Waals surface area contributed by atoms with E-state index in [0.717, 1.165) is 37.7 Å². The largest absolute Gasteiger partial charge is 0.352 e. The van der Waals surface area contributed by atoms with E-state index in [1.807, 2.05) is 6.92 Å². The first-order valence-corrected chi connectivity index (χ1v) is 7.86. The minimum atomic E-state index is -0.921. The van der Waals surface area contributed by atoms with E-state index >= 15 is 0 Å². The number of hydrogen-bond donors (Lipinski definition) is 0. The molecular weight excluding hydrogens is 302 g/mol. The number of carbonyl (C=O) groups excluding carboxylic acids is 1. The van der Waals surface area contributed by atoms with Crippen molar-refractivity contribution in [3.63, 3.8) is 0 Å². The molecule has 0 saturated carbocycles. The predicted octanol–water partition coefficient (Wildman–Crippen LogP) is 4.80. The zero-order valence-corrected chi connectivity index (χ0v) is 14.3. The summed E-state index contributed by atoms with van der Waals surface area (Å²) in [6.45, 7) is 6.15. The molecule has 0 aliphatic carbocycles. The SMILES string of the molecule is CO[C@H](OC(C)CCC(C)(C)CCC=O)c1ccc(F)c(F)c1. The van der Waals surface area contributed by atoms with Gasteiger partial charge in [0.25, 0.3) is 0 Å². The van der Waals surface area contributed by atoms with Crippen molar-refractivity contribution in [2.24, 2.45) is 5.41 Å². The van der Waals surface area contributed by atoms with E-state index in [9.17, 15) is 13.6 Å². The quantitative estimate of drug-likeness (QED) is 0.457. The molecule has 0 radical (unpaired) electrons. The van der Waals surface area contributed by atoms with Crippen molar-refractivity contribution in [1.82, 2.24) is 0 Å². The highest BCUT2D eigenvalue weighted by atomic mass is 19.2. The zero-order chi connectivity index (χ0) is 17.5. The summed E-state index contributed by atoms with van der Waals surface area (Å²) in [5.41, 5.74) is 0.502. The van der Waals surface area contributed by atoms with Crippen molar-refractivity contribution in [2.75, 3.05) is 7.11 Å². The summed E-state index contributed by atoms with van der Waals surface area (Å²) in [6, 6.07) is 3.60. The lowest BCUT2D eigenvalue weighted by Crippen LogP contribution is -2.19. The molecule has 0 spiro atoms. The molecule has 0 aromatic heterocycles. The van der Waals surface area contributed by atoms with Gasteiger partial charge in [-0.05, 0) is 43.7 Å². The molecule has 0 saturated heterocycles. The Bertz CT molecular complexity index is 503. The maximum absolute atomic E-state index is 13.3. The van der Waals surface area contributed by atoms with Crippen LogP contribution in [0.4, 0.5) is 8.78 Å². The van der Waals surface area contributed by atoms with Crippen molar-refractivity contribution in [1.29, 1.82) is 0 Å². The Balaban J connectivity index is 2.57. The third-order valence-corrected chi connectivity index (χ3v) is 3.95. The standard InChI is InChI=1S/C18H26F2O3/c1-13(8-10-18(2,3)9-5-11-21)23-17(22-4)14-6-7-15(19)16(20)12-14/h6-7,11-13,17H,5,8-10H2,1-4H3/t13?,17-/m1/s1. The molecule has 130 valence electrons. The van der Waals surface area contributed by atoms with Crippen molar-refractivity contribution in [3.8, 4) is 0 Å². The molecule has 1 aromatic carbocycles. The third kappa shape index (κ3) is 6.75. The Morgan fingerprint density at radius 2 is 1.91 bits per heavy atom. The van der Waals surface area contributed by atoms with Crippen LogP contribution in [-0.4, -0.2) is 19.5 Å². The summed E-state index contributed by atoms with van der Waals surface area (Å²) in [7, 11) is 1.46. The van der Waals surface area contributed by atoms with Gasteiger partial charge in [-0.25, -0.2) is 8.78 Å². The minimum absolute atomic E-state index is 0.0586. The van der Waals surface area contributed by atoms with Gasteiger partial charge in [-0.15, -0.1) is 0 Å². The number of hydrogen-bond acceptors (Lipinski definition) is 3. The zero-order valence-electron chi connectivity index (χ0n) is 14.3. The molecule has 0 bridgehead atoms. The number of aldehydes is 1. The number of carbonyl (C=O) groups is 1. The van der Waals surface area contributed by atoms with E-state index in [1.54, 1.807) is 0 Å². The van der Waals surface area contributed by atoms with Crippen LogP contribution in [0.3, 0.4) is 0 Å². The Labute approximate surface area is 137 Å². The number of benzene rings is 1. The smallest absolute Gasteiger partial charge is 0.183 e. The fourth-order valence-electron chi connectivity index (χ4n) is 2.38. The normalized spacial score (nSPS) is 14.5. The summed E-state index contributed by atoms with van der Waals surface area (Å²) in [5.74, 6) is -1.82. The first kappa shape index (κ1) is 19.7. The summed E-state index contributed by atoms with van der Waals surface area (Å²) >= 11 is 0. The minimum Gasteiger partial charge on any atom is -0.352 e. The fraction of sp³-hybridized carbons (Fsp3) is 0.611. The van der Waals surface area contributed by atoms with Gasteiger partial charge < -0.3 is 14.3 Å². The molecule has 3 nitrogen and oxygen atoms in total. The van der Waals surface area contributed by atoms with Crippen molar-refractivity contribution in [2.45, 2.75) is 58.8 Å². The van der Waals surface area contributed by atoms with E-state index in [2.05, 4.69) is 13.8 Å². The summed E-state index contributed by atoms with van der Waals surface area (Å²) in [6.07, 6.45) is 3.16. The van der Waals surface area contributed by atoms with Crippen LogP contribution in [0.25, 0.3) is 0 Å². The van der Waals surface area contributed by atoms with E-state index in [1.165, 1.54) is 13.2 Å². The van der Waals surface area contributed by atoms with Crippen molar-refractivity contribution >= 4 is 6.29 Å². The highest BCUT2D eigenvalue weighted by molar-refractivity contribution is 5.49. The monoisotopic (exact) mass is 328 g/mol. The Kier molecular flexibility index (Phi) is 7.79. The maximum Gasteiger partial charge on any atom is 0.183 e. The molecule has 0 heterocycles. The summed E-state index contributed by atoms with van der Waals surface area (Å²) < 4.78 is 37.4. The highest BCUT2D eigenvalue weighted by Gasteiger charge is 2.21. The van der Waals surface area contributed by atoms with Crippen LogP contribution in [0.15, 0.2) is 18.2 Å². The van der Waals surface area contributed by atoms with Crippen LogP contribution >= 0.6 is 0 Å². The molecule has 1 unspecified atom stereocenters. The van der Waals surface area contributed by atoms with Gasteiger partial charge in [-0.2, -0.15) is 0 Å². The molecule has 2 atom stereocenters. The molecule has 0 aliphatic heterocycles. The molecule has 1 rings (SSSR count). The van der Waals surface area contributed by atoms with Crippen LogP contribution in [0.1, 0.15) is 58.3 Å². The number of halogens is 2. The highest BCUT2D eigenvalue weighted by Crippen LogP contribution is 2.30. The van der Waals surface area contributed by atoms with Gasteiger partial charge in [0.1, 0.15) is 6.29 Å². The third-order valence-electron chi connectivity index (χ3n) is 3.95. The molecule has 5 heteroatoms. The number of ether oxygens (including phenoxy) is 2. The van der Waals surface area contributed by atoms with Crippen LogP contribution in [0.5, 0.6) is 0 Å². The Morgan fingerprint density at radius 3 is 2.48 bits per heavy atom. The average molecular weight is 328 g/mol. The summed E-state index contributed by atoms with van der Waals surface area (Å²) in [4.78, 5) is 10.5. The molecule has 0 aliphatic rings. The molecule has 0 fully saturated rings. The van der Waals surface area contributed by atoms with E-state index in [0.29, 0.717) is 12.0 Å². The van der Waals surface area contributed by atoms with Crippen LogP contribution in [0.2, 0.25) is 0 Å². The number of rotatable bonds is 10. The maximum atomic E-state index is 13.3. The topological polar surface area (TPSA) is 35.5 Å². The molecule has 1 aromatic rings. The predicted molar refractivity (Wildman–Crippen MR) is 85.0 cm³/mol. The van der Waals surface area contributed by atoms with E-state index in [-0.39, 0.29) is 11.5 Å². The second-order valence-corrected chi connectivity index (χ2v) is 6.60.